The fourth-order valence-electron chi connectivity index (χ4n) is 1.58. The molecule has 0 fully saturated rings. The van der Waals surface area contributed by atoms with Crippen molar-refractivity contribution in [2.24, 2.45) is 0 Å². The summed E-state index contributed by atoms with van der Waals surface area (Å²) in [7, 11) is -2.30. The van der Waals surface area contributed by atoms with Gasteiger partial charge in [0, 0.05) is 11.8 Å². The van der Waals surface area contributed by atoms with E-state index in [1.165, 1.54) is 26.2 Å². The number of alkyl halides is 3. The van der Waals surface area contributed by atoms with Gasteiger partial charge in [0.1, 0.15) is 16.4 Å². The van der Waals surface area contributed by atoms with E-state index < -0.39 is 22.1 Å². The van der Waals surface area contributed by atoms with Gasteiger partial charge in [-0.05, 0) is 26.0 Å². The fraction of sp³-hybridized carbons (Fsp3) is 0.500. The lowest BCUT2D eigenvalue weighted by molar-refractivity contribution is -0.189. The molecule has 8 heteroatoms. The smallest absolute Gasteiger partial charge is 0.425 e. The Hall–Kier alpha value is -1.44. The molecule has 1 atom stereocenters. The topological polar surface area (TPSA) is 52.6 Å². The van der Waals surface area contributed by atoms with Gasteiger partial charge in [-0.1, -0.05) is 0 Å². The van der Waals surface area contributed by atoms with Gasteiger partial charge < -0.3 is 9.47 Å². The molecule has 0 aliphatic rings. The lowest BCUT2D eigenvalue weighted by atomic mass is 10.2. The van der Waals surface area contributed by atoms with E-state index in [9.17, 15) is 21.6 Å². The van der Waals surface area contributed by atoms with Crippen molar-refractivity contribution in [3.8, 4) is 11.5 Å². The van der Waals surface area contributed by atoms with E-state index in [1.807, 2.05) is 0 Å². The van der Waals surface area contributed by atoms with E-state index in [2.05, 4.69) is 0 Å². The summed E-state index contributed by atoms with van der Waals surface area (Å²) in [6, 6.07) is 2.36. The van der Waals surface area contributed by atoms with Crippen LogP contribution in [0.4, 0.5) is 13.2 Å². The van der Waals surface area contributed by atoms with Crippen LogP contribution < -0.4 is 9.47 Å². The first-order chi connectivity index (χ1) is 8.98. The van der Waals surface area contributed by atoms with Crippen LogP contribution >= 0.6 is 0 Å². The van der Waals surface area contributed by atoms with Crippen molar-refractivity contribution in [3.05, 3.63) is 17.7 Å². The van der Waals surface area contributed by atoms with E-state index in [0.29, 0.717) is 0 Å². The predicted octanol–water partition coefficient (Wildman–Crippen LogP) is 2.74. The maximum Gasteiger partial charge on any atom is 0.425 e. The number of sulfone groups is 1. The van der Waals surface area contributed by atoms with Crippen LogP contribution in [0.3, 0.4) is 0 Å². The Kier molecular flexibility index (Phi) is 4.58. The van der Waals surface area contributed by atoms with Gasteiger partial charge in [0.05, 0.1) is 7.11 Å². The zero-order chi connectivity index (χ0) is 15.7. The maximum absolute atomic E-state index is 12.5. The molecule has 0 bridgehead atoms. The Labute approximate surface area is 115 Å². The van der Waals surface area contributed by atoms with Crippen LogP contribution in [0.1, 0.15) is 12.5 Å². The molecule has 0 radical (unpaired) electrons. The monoisotopic (exact) mass is 312 g/mol. The first-order valence-corrected chi connectivity index (χ1v) is 7.48. The minimum absolute atomic E-state index is 0.0145. The van der Waals surface area contributed by atoms with Crippen molar-refractivity contribution >= 4 is 9.84 Å². The van der Waals surface area contributed by atoms with Gasteiger partial charge in [-0.2, -0.15) is 13.2 Å². The summed E-state index contributed by atoms with van der Waals surface area (Å²) in [6.07, 6.45) is -5.52. The van der Waals surface area contributed by atoms with Crippen molar-refractivity contribution in [2.75, 3.05) is 13.4 Å². The van der Waals surface area contributed by atoms with Crippen molar-refractivity contribution < 1.29 is 31.1 Å². The van der Waals surface area contributed by atoms with E-state index in [-0.39, 0.29) is 22.0 Å². The number of hydrogen-bond acceptors (Lipinski definition) is 4. The van der Waals surface area contributed by atoms with Gasteiger partial charge in [-0.15, -0.1) is 0 Å². The molecule has 0 saturated carbocycles. The Bertz CT molecular complexity index is 593. The molecule has 0 aliphatic carbocycles. The van der Waals surface area contributed by atoms with Crippen LogP contribution in [0.15, 0.2) is 17.0 Å². The van der Waals surface area contributed by atoms with Crippen LogP contribution in [0.25, 0.3) is 0 Å². The Balaban J connectivity index is 3.27. The number of hydrogen-bond donors (Lipinski definition) is 0. The summed E-state index contributed by atoms with van der Waals surface area (Å²) in [5, 5.41) is 0. The highest BCUT2D eigenvalue weighted by Crippen LogP contribution is 2.36. The molecule has 4 nitrogen and oxygen atoms in total. The highest BCUT2D eigenvalue weighted by atomic mass is 32.2. The summed E-state index contributed by atoms with van der Waals surface area (Å²) in [4.78, 5) is -0.0930. The van der Waals surface area contributed by atoms with E-state index in [4.69, 9.17) is 9.47 Å². The van der Waals surface area contributed by atoms with Gasteiger partial charge in [0.2, 0.25) is 0 Å². The van der Waals surface area contributed by atoms with E-state index in [0.717, 1.165) is 13.2 Å². The van der Waals surface area contributed by atoms with E-state index >= 15 is 0 Å². The second-order valence-electron chi connectivity index (χ2n) is 4.29. The molecule has 0 saturated heterocycles. The zero-order valence-corrected chi connectivity index (χ0v) is 12.2. The highest BCUT2D eigenvalue weighted by molar-refractivity contribution is 7.90. The van der Waals surface area contributed by atoms with Crippen LogP contribution in [0, 0.1) is 6.92 Å². The maximum atomic E-state index is 12.5. The Morgan fingerprint density at radius 1 is 1.25 bits per heavy atom. The summed E-state index contributed by atoms with van der Waals surface area (Å²) in [6.45, 7) is 2.31. The van der Waals surface area contributed by atoms with Crippen LogP contribution in [0.5, 0.6) is 11.5 Å². The summed E-state index contributed by atoms with van der Waals surface area (Å²) in [5.74, 6) is -0.0848. The lowest BCUT2D eigenvalue weighted by Crippen LogP contribution is -2.31. The minimum atomic E-state index is -4.50. The molecule has 0 aromatic heterocycles. The fourth-order valence-corrected chi connectivity index (χ4v) is 2.47. The standard InChI is InChI=1S/C12H15F3O4S/c1-7-9(19-8(2)12(13,14)15)5-6-10(11(7)18-3)20(4,16)17/h5-6,8H,1-4H3. The molecule has 20 heavy (non-hydrogen) atoms. The largest absolute Gasteiger partial charge is 0.495 e. The van der Waals surface area contributed by atoms with Crippen LogP contribution in [-0.4, -0.2) is 34.1 Å². The molecular weight excluding hydrogens is 297 g/mol. The summed E-state index contributed by atoms with van der Waals surface area (Å²) in [5.41, 5.74) is 0.200. The summed E-state index contributed by atoms with van der Waals surface area (Å²) >= 11 is 0. The van der Waals surface area contributed by atoms with Crippen molar-refractivity contribution in [1.29, 1.82) is 0 Å². The Morgan fingerprint density at radius 3 is 2.20 bits per heavy atom. The number of ether oxygens (including phenoxy) is 2. The van der Waals surface area contributed by atoms with Crippen molar-refractivity contribution in [3.63, 3.8) is 0 Å². The number of methoxy groups -OCH3 is 1. The average molecular weight is 312 g/mol. The Morgan fingerprint density at radius 2 is 1.80 bits per heavy atom. The molecule has 1 unspecified atom stereocenters. The van der Waals surface area contributed by atoms with Crippen molar-refractivity contribution in [2.45, 2.75) is 31.0 Å². The van der Waals surface area contributed by atoms with Crippen molar-refractivity contribution in [1.82, 2.24) is 0 Å². The quantitative estimate of drug-likeness (QED) is 0.858. The molecule has 1 rings (SSSR count). The number of halogens is 3. The molecule has 1 aromatic rings. The van der Waals surface area contributed by atoms with Gasteiger partial charge in [-0.25, -0.2) is 8.42 Å². The first-order valence-electron chi connectivity index (χ1n) is 5.59. The molecule has 0 spiro atoms. The van der Waals surface area contributed by atoms with Gasteiger partial charge in [0.15, 0.2) is 15.9 Å². The molecular formula is C12H15F3O4S. The molecule has 0 N–H and O–H groups in total. The average Bonchev–Trinajstić information content (AvgIpc) is 2.28. The number of benzene rings is 1. The molecule has 1 aromatic carbocycles. The van der Waals surface area contributed by atoms with Gasteiger partial charge >= 0.3 is 6.18 Å². The SMILES string of the molecule is COc1c(S(C)(=O)=O)ccc(OC(C)C(F)(F)F)c1C. The second-order valence-corrected chi connectivity index (χ2v) is 6.28. The van der Waals surface area contributed by atoms with Gasteiger partial charge in [-0.3, -0.25) is 0 Å². The van der Waals surface area contributed by atoms with E-state index in [1.54, 1.807) is 0 Å². The third kappa shape index (κ3) is 3.56. The molecule has 0 heterocycles. The first kappa shape index (κ1) is 16.6. The zero-order valence-electron chi connectivity index (χ0n) is 11.4. The second kappa shape index (κ2) is 5.51. The normalized spacial score (nSPS) is 13.9. The molecule has 0 amide bonds. The third-order valence-electron chi connectivity index (χ3n) is 2.69. The third-order valence-corrected chi connectivity index (χ3v) is 3.81. The molecule has 0 aliphatic heterocycles. The number of rotatable bonds is 4. The minimum Gasteiger partial charge on any atom is -0.495 e. The summed E-state index contributed by atoms with van der Waals surface area (Å²) < 4.78 is 70.3. The molecule has 114 valence electrons. The highest BCUT2D eigenvalue weighted by Gasteiger charge is 2.38. The van der Waals surface area contributed by atoms with Crippen LogP contribution in [0.2, 0.25) is 0 Å². The van der Waals surface area contributed by atoms with Crippen LogP contribution in [-0.2, 0) is 9.84 Å². The lowest BCUT2D eigenvalue weighted by Gasteiger charge is -2.20. The van der Waals surface area contributed by atoms with Gasteiger partial charge in [0.25, 0.3) is 0 Å². The predicted molar refractivity (Wildman–Crippen MR) is 67.0 cm³/mol.